The lowest BCUT2D eigenvalue weighted by atomic mass is 9.85. The predicted octanol–water partition coefficient (Wildman–Crippen LogP) is 5.87. The molecule has 1 saturated heterocycles. The molecule has 0 amide bonds. The first-order valence-electron chi connectivity index (χ1n) is 13.6. The molecule has 2 fully saturated rings. The molecule has 3 atom stereocenters. The first-order chi connectivity index (χ1) is 17.0. The van der Waals surface area contributed by atoms with E-state index in [1.54, 1.807) is 13.0 Å². The topological polar surface area (TPSA) is 59.6 Å². The molecule has 0 aromatic rings. The minimum atomic E-state index is -0.459. The molecular weight excluding hydrogens is 439 g/mol. The number of nitrogens with zero attached hydrogens (tertiary/aromatic N) is 1. The Morgan fingerprint density at radius 3 is 2.49 bits per heavy atom. The van der Waals surface area contributed by atoms with Crippen LogP contribution in [0.1, 0.15) is 78.6 Å². The highest BCUT2D eigenvalue weighted by molar-refractivity contribution is 5.09. The van der Waals surface area contributed by atoms with E-state index in [4.69, 9.17) is 0 Å². The van der Waals surface area contributed by atoms with Crippen molar-refractivity contribution in [3.8, 4) is 0 Å². The Balaban J connectivity index is 0.00000274. The van der Waals surface area contributed by atoms with Gasteiger partial charge >= 0.3 is 0 Å². The zero-order chi connectivity index (χ0) is 26.5. The second kappa shape index (κ2) is 21.9. The highest BCUT2D eigenvalue weighted by Gasteiger charge is 2.23. The number of halogens is 1. The van der Waals surface area contributed by atoms with Crippen LogP contribution in [0.15, 0.2) is 50.4 Å². The normalized spacial score (nSPS) is 21.3. The lowest BCUT2D eigenvalue weighted by Gasteiger charge is -2.27. The summed E-state index contributed by atoms with van der Waals surface area (Å²) in [4.78, 5) is 2.35. The van der Waals surface area contributed by atoms with Gasteiger partial charge in [-0.05, 0) is 37.7 Å². The molecule has 2 rings (SSSR count). The number of aliphatic hydroxyl groups is 1. The molecule has 3 unspecified atom stereocenters. The van der Waals surface area contributed by atoms with Crippen molar-refractivity contribution in [2.45, 2.75) is 97.0 Å². The molecule has 1 aliphatic heterocycles. The fraction of sp³-hybridized carbons (Fsp3) is 0.724. The van der Waals surface area contributed by atoms with Gasteiger partial charge in [0.05, 0.1) is 6.17 Å². The summed E-state index contributed by atoms with van der Waals surface area (Å²) in [6, 6.07) is 0.281. The van der Waals surface area contributed by atoms with Crippen LogP contribution < -0.4 is 16.0 Å². The van der Waals surface area contributed by atoms with E-state index in [2.05, 4.69) is 61.0 Å². The lowest BCUT2D eigenvalue weighted by Crippen LogP contribution is -2.50. The fourth-order valence-corrected chi connectivity index (χ4v) is 4.57. The first kappa shape index (κ1) is 33.7. The second-order valence-electron chi connectivity index (χ2n) is 9.75. The van der Waals surface area contributed by atoms with Gasteiger partial charge in [0.25, 0.3) is 0 Å². The summed E-state index contributed by atoms with van der Waals surface area (Å²) in [5.74, 6) is 0.948. The average Bonchev–Trinajstić information content (AvgIpc) is 3.35. The van der Waals surface area contributed by atoms with Crippen LogP contribution in [-0.4, -0.2) is 54.7 Å². The van der Waals surface area contributed by atoms with E-state index in [1.165, 1.54) is 51.0 Å². The van der Waals surface area contributed by atoms with Gasteiger partial charge < -0.3 is 5.11 Å². The Labute approximate surface area is 216 Å². The van der Waals surface area contributed by atoms with E-state index in [0.29, 0.717) is 0 Å². The zero-order valence-electron chi connectivity index (χ0n) is 22.9. The van der Waals surface area contributed by atoms with Crippen molar-refractivity contribution in [2.24, 2.45) is 11.8 Å². The van der Waals surface area contributed by atoms with Gasteiger partial charge in [-0.2, -0.15) is 0 Å². The van der Waals surface area contributed by atoms with Crippen LogP contribution in [0.2, 0.25) is 0 Å². The SMILES string of the molecule is C/C=C(F)\C=C/CCN1CNC(NCC(CCCC2CCCCC2)NC(O)C(C)C)C1.C=C.C=C. The quantitative estimate of drug-likeness (QED) is 0.138. The maximum absolute atomic E-state index is 13.1. The minimum absolute atomic E-state index is 0.176. The van der Waals surface area contributed by atoms with Crippen molar-refractivity contribution >= 4 is 0 Å². The van der Waals surface area contributed by atoms with Crippen molar-refractivity contribution in [1.29, 1.82) is 0 Å². The maximum atomic E-state index is 13.1. The number of hydrogen-bond donors (Lipinski definition) is 4. The van der Waals surface area contributed by atoms with Crippen LogP contribution >= 0.6 is 0 Å². The van der Waals surface area contributed by atoms with E-state index in [9.17, 15) is 9.50 Å². The van der Waals surface area contributed by atoms with Gasteiger partial charge in [0.1, 0.15) is 12.1 Å². The Bertz CT molecular complexity index is 561. The molecule has 0 radical (unpaired) electrons. The predicted molar refractivity (Wildman–Crippen MR) is 151 cm³/mol. The monoisotopic (exact) mass is 494 g/mol. The van der Waals surface area contributed by atoms with Crippen molar-refractivity contribution in [3.63, 3.8) is 0 Å². The van der Waals surface area contributed by atoms with Crippen LogP contribution in [-0.2, 0) is 0 Å². The molecular formula is C29H55FN4O. The molecule has 2 aliphatic rings. The molecule has 1 saturated carbocycles. The standard InChI is InChI=1S/C25H47FN4O.2C2H4/c1-4-22(26)14-8-9-16-30-18-24(28-19-30)27-17-23(29-25(31)20(2)3)15-10-13-21-11-6-5-7-12-21;2*1-2/h4,8,14,20-21,23-25,27-29,31H,5-7,9-13,15-19H2,1-3H3;2*1-2H2/b14-8-,22-4+;;. The highest BCUT2D eigenvalue weighted by atomic mass is 19.1. The molecule has 0 bridgehead atoms. The Morgan fingerprint density at radius 1 is 1.17 bits per heavy atom. The molecule has 0 aromatic heterocycles. The van der Waals surface area contributed by atoms with Crippen LogP contribution in [0.4, 0.5) is 4.39 Å². The van der Waals surface area contributed by atoms with E-state index < -0.39 is 6.23 Å². The highest BCUT2D eigenvalue weighted by Crippen LogP contribution is 2.28. The summed E-state index contributed by atoms with van der Waals surface area (Å²) in [5.41, 5.74) is 0. The van der Waals surface area contributed by atoms with Crippen molar-refractivity contribution < 1.29 is 9.50 Å². The molecule has 4 N–H and O–H groups in total. The molecule has 5 nitrogen and oxygen atoms in total. The molecule has 1 heterocycles. The Kier molecular flexibility index (Phi) is 21.1. The average molecular weight is 495 g/mol. The number of allylic oxidation sites excluding steroid dienone is 3. The fourth-order valence-electron chi connectivity index (χ4n) is 4.57. The van der Waals surface area contributed by atoms with Crippen molar-refractivity contribution in [1.82, 2.24) is 20.9 Å². The Morgan fingerprint density at radius 2 is 1.86 bits per heavy atom. The number of aliphatic hydroxyl groups excluding tert-OH is 1. The smallest absolute Gasteiger partial charge is 0.118 e. The number of nitrogens with one attached hydrogen (secondary N) is 3. The largest absolute Gasteiger partial charge is 0.378 e. The van der Waals surface area contributed by atoms with E-state index in [1.807, 2.05) is 6.08 Å². The van der Waals surface area contributed by atoms with Crippen molar-refractivity contribution in [2.75, 3.05) is 26.3 Å². The first-order valence-corrected chi connectivity index (χ1v) is 13.6. The van der Waals surface area contributed by atoms with Gasteiger partial charge in [-0.25, -0.2) is 4.39 Å². The number of hydrogen-bond acceptors (Lipinski definition) is 5. The lowest BCUT2D eigenvalue weighted by molar-refractivity contribution is 0.0746. The van der Waals surface area contributed by atoms with E-state index in [0.717, 1.165) is 45.1 Å². The summed E-state index contributed by atoms with van der Waals surface area (Å²) in [7, 11) is 0. The van der Waals surface area contributed by atoms with Crippen LogP contribution in [0, 0.1) is 11.8 Å². The summed E-state index contributed by atoms with van der Waals surface area (Å²) in [6.07, 6.45) is 16.3. The third-order valence-electron chi connectivity index (χ3n) is 6.71. The van der Waals surface area contributed by atoms with Crippen LogP contribution in [0.3, 0.4) is 0 Å². The van der Waals surface area contributed by atoms with Crippen LogP contribution in [0.5, 0.6) is 0 Å². The number of rotatable bonds is 14. The van der Waals surface area contributed by atoms with Crippen molar-refractivity contribution in [3.05, 3.63) is 50.4 Å². The molecule has 204 valence electrons. The Hall–Kier alpha value is -1.31. The van der Waals surface area contributed by atoms with Gasteiger partial charge in [-0.3, -0.25) is 20.9 Å². The second-order valence-corrected chi connectivity index (χ2v) is 9.75. The molecule has 1 aliphatic carbocycles. The molecule has 35 heavy (non-hydrogen) atoms. The van der Waals surface area contributed by atoms with Gasteiger partial charge in [-0.1, -0.05) is 70.9 Å². The van der Waals surface area contributed by atoms with Gasteiger partial charge in [0.15, 0.2) is 0 Å². The molecule has 0 aromatic carbocycles. The van der Waals surface area contributed by atoms with E-state index >= 15 is 0 Å². The van der Waals surface area contributed by atoms with Gasteiger partial charge in [0.2, 0.25) is 0 Å². The molecule has 0 spiro atoms. The zero-order valence-corrected chi connectivity index (χ0v) is 22.9. The summed E-state index contributed by atoms with van der Waals surface area (Å²) >= 11 is 0. The van der Waals surface area contributed by atoms with Crippen LogP contribution in [0.25, 0.3) is 0 Å². The van der Waals surface area contributed by atoms with Gasteiger partial charge in [0, 0.05) is 32.3 Å². The minimum Gasteiger partial charge on any atom is -0.378 e. The van der Waals surface area contributed by atoms with Gasteiger partial charge in [-0.15, -0.1) is 26.3 Å². The molecule has 6 heteroatoms. The maximum Gasteiger partial charge on any atom is 0.118 e. The third-order valence-corrected chi connectivity index (χ3v) is 6.71. The summed E-state index contributed by atoms with van der Waals surface area (Å²) < 4.78 is 13.1. The third kappa shape index (κ3) is 16.1. The van der Waals surface area contributed by atoms with E-state index in [-0.39, 0.29) is 24.0 Å². The summed E-state index contributed by atoms with van der Waals surface area (Å²) in [5, 5.41) is 21.0. The summed E-state index contributed by atoms with van der Waals surface area (Å²) in [6.45, 7) is 21.4.